The zero-order chi connectivity index (χ0) is 20.6. The summed E-state index contributed by atoms with van der Waals surface area (Å²) < 4.78 is 32.5. The number of aromatic nitrogens is 3. The van der Waals surface area contributed by atoms with Crippen molar-refractivity contribution in [2.24, 2.45) is 5.92 Å². The van der Waals surface area contributed by atoms with E-state index in [1.54, 1.807) is 32.3 Å². The second-order valence-corrected chi connectivity index (χ2v) is 8.79. The number of imidazole rings is 1. The number of aromatic amines is 1. The lowest BCUT2D eigenvalue weighted by molar-refractivity contribution is -0.120. The predicted molar refractivity (Wildman–Crippen MR) is 106 cm³/mol. The third-order valence-corrected chi connectivity index (χ3v) is 6.52. The number of sulfonamides is 1. The topological polar surface area (TPSA) is 130 Å². The Hall–Kier alpha value is -3.14. The Morgan fingerprint density at radius 3 is 2.69 bits per heavy atom. The molecule has 10 heteroatoms. The molecule has 4 rings (SSSR count). The van der Waals surface area contributed by atoms with Crippen LogP contribution >= 0.6 is 0 Å². The van der Waals surface area contributed by atoms with E-state index in [1.165, 1.54) is 12.1 Å². The first kappa shape index (κ1) is 19.2. The molecule has 29 heavy (non-hydrogen) atoms. The van der Waals surface area contributed by atoms with Gasteiger partial charge in [-0.2, -0.15) is 0 Å². The van der Waals surface area contributed by atoms with Crippen LogP contribution in [0.4, 0.5) is 11.6 Å². The van der Waals surface area contributed by atoms with E-state index in [0.717, 1.165) is 24.2 Å². The van der Waals surface area contributed by atoms with Crippen LogP contribution in [0, 0.1) is 19.8 Å². The van der Waals surface area contributed by atoms with Crippen LogP contribution in [0.25, 0.3) is 0 Å². The smallest absolute Gasteiger partial charge is 0.264 e. The summed E-state index contributed by atoms with van der Waals surface area (Å²) in [6, 6.07) is 6.00. The van der Waals surface area contributed by atoms with Crippen molar-refractivity contribution < 1.29 is 17.7 Å². The number of aryl methyl sites for hydroxylation is 2. The molecule has 9 nitrogen and oxygen atoms in total. The van der Waals surface area contributed by atoms with Crippen LogP contribution < -0.4 is 10.0 Å². The summed E-state index contributed by atoms with van der Waals surface area (Å²) in [6.45, 7) is 3.45. The van der Waals surface area contributed by atoms with E-state index in [9.17, 15) is 13.2 Å². The maximum Gasteiger partial charge on any atom is 0.264 e. The van der Waals surface area contributed by atoms with E-state index in [0.29, 0.717) is 23.4 Å². The number of carbonyl (C=O) groups is 1. The second-order valence-electron chi connectivity index (χ2n) is 7.11. The first-order chi connectivity index (χ1) is 13.8. The highest BCUT2D eigenvalue weighted by atomic mass is 32.2. The average Bonchev–Trinajstić information content (AvgIpc) is 3.29. The van der Waals surface area contributed by atoms with Crippen LogP contribution in [0.3, 0.4) is 0 Å². The van der Waals surface area contributed by atoms with Gasteiger partial charge in [-0.3, -0.25) is 4.79 Å². The molecule has 152 valence electrons. The van der Waals surface area contributed by atoms with Gasteiger partial charge < -0.3 is 14.8 Å². The maximum atomic E-state index is 12.6. The number of hydrogen-bond donors (Lipinski definition) is 3. The molecule has 0 bridgehead atoms. The molecule has 0 saturated carbocycles. The largest absolute Gasteiger partial charge is 0.348 e. The molecule has 1 amide bonds. The van der Waals surface area contributed by atoms with Gasteiger partial charge in [-0.05, 0) is 51.0 Å². The van der Waals surface area contributed by atoms with Gasteiger partial charge in [0.25, 0.3) is 10.0 Å². The molecule has 2 aromatic heterocycles. The minimum Gasteiger partial charge on any atom is -0.348 e. The van der Waals surface area contributed by atoms with Gasteiger partial charge in [0.15, 0.2) is 0 Å². The van der Waals surface area contributed by atoms with E-state index in [4.69, 9.17) is 4.52 Å². The first-order valence-electron chi connectivity index (χ1n) is 9.21. The minimum absolute atomic E-state index is 0.0590. The highest BCUT2D eigenvalue weighted by Gasteiger charge is 2.26. The van der Waals surface area contributed by atoms with Gasteiger partial charge in [0.05, 0.1) is 22.6 Å². The summed E-state index contributed by atoms with van der Waals surface area (Å²) in [5.41, 5.74) is 3.81. The summed E-state index contributed by atoms with van der Waals surface area (Å²) in [6.07, 6.45) is 3.77. The van der Waals surface area contributed by atoms with Crippen molar-refractivity contribution in [2.75, 3.05) is 10.0 Å². The number of H-pyrrole nitrogens is 1. The van der Waals surface area contributed by atoms with Gasteiger partial charge >= 0.3 is 0 Å². The Morgan fingerprint density at radius 1 is 1.24 bits per heavy atom. The summed E-state index contributed by atoms with van der Waals surface area (Å²) in [5.74, 6) is -0.146. The molecule has 0 fully saturated rings. The molecular formula is C19H21N5O4S. The van der Waals surface area contributed by atoms with Gasteiger partial charge in [0, 0.05) is 29.3 Å². The Morgan fingerprint density at radius 2 is 2.00 bits per heavy atom. The lowest BCUT2D eigenvalue weighted by atomic mass is 9.89. The van der Waals surface area contributed by atoms with Crippen LogP contribution in [-0.4, -0.2) is 29.4 Å². The number of rotatable bonds is 5. The number of nitrogens with one attached hydrogen (secondary N) is 3. The Balaban J connectivity index is 1.42. The van der Waals surface area contributed by atoms with Gasteiger partial charge in [-0.15, -0.1) is 0 Å². The van der Waals surface area contributed by atoms with Crippen LogP contribution in [0.1, 0.15) is 29.1 Å². The van der Waals surface area contributed by atoms with Crippen molar-refractivity contribution in [1.82, 2.24) is 15.1 Å². The summed E-state index contributed by atoms with van der Waals surface area (Å²) in [5, 5.41) is 6.60. The van der Waals surface area contributed by atoms with Crippen LogP contribution in [0.15, 0.2) is 40.0 Å². The van der Waals surface area contributed by atoms with Crippen molar-refractivity contribution in [1.29, 1.82) is 0 Å². The molecule has 0 radical (unpaired) electrons. The molecule has 1 aliphatic rings. The Bertz CT molecular complexity index is 1150. The highest BCUT2D eigenvalue weighted by molar-refractivity contribution is 7.92. The van der Waals surface area contributed by atoms with Crippen molar-refractivity contribution in [3.63, 3.8) is 0 Å². The Labute approximate surface area is 168 Å². The van der Waals surface area contributed by atoms with Crippen LogP contribution in [0.2, 0.25) is 0 Å². The minimum atomic E-state index is -3.82. The quantitative estimate of drug-likeness (QED) is 0.587. The normalized spacial score (nSPS) is 16.3. The number of benzene rings is 1. The van der Waals surface area contributed by atoms with Gasteiger partial charge in [0.2, 0.25) is 11.8 Å². The van der Waals surface area contributed by atoms with Crippen LogP contribution in [-0.2, 0) is 27.7 Å². The van der Waals surface area contributed by atoms with E-state index in [-0.39, 0.29) is 22.6 Å². The van der Waals surface area contributed by atoms with Crippen molar-refractivity contribution in [3.8, 4) is 0 Å². The second kappa shape index (κ2) is 7.36. The third-order valence-electron chi connectivity index (χ3n) is 5.17. The van der Waals surface area contributed by atoms with Gasteiger partial charge in [-0.1, -0.05) is 5.16 Å². The van der Waals surface area contributed by atoms with E-state index in [1.807, 2.05) is 0 Å². The monoisotopic (exact) mass is 415 g/mol. The molecule has 0 spiro atoms. The first-order valence-corrected chi connectivity index (χ1v) is 10.7. The molecule has 1 aromatic carbocycles. The Kier molecular flexibility index (Phi) is 4.87. The molecule has 1 unspecified atom stereocenters. The highest BCUT2D eigenvalue weighted by Crippen LogP contribution is 2.25. The maximum absolute atomic E-state index is 12.6. The molecule has 2 heterocycles. The zero-order valence-electron chi connectivity index (χ0n) is 16.0. The van der Waals surface area contributed by atoms with Gasteiger partial charge in [0.1, 0.15) is 0 Å². The van der Waals surface area contributed by atoms with E-state index < -0.39 is 10.0 Å². The van der Waals surface area contributed by atoms with Crippen molar-refractivity contribution in [2.45, 2.75) is 38.0 Å². The lowest BCUT2D eigenvalue weighted by Gasteiger charge is -2.20. The molecular weight excluding hydrogens is 394 g/mol. The predicted octanol–water partition coefficient (Wildman–Crippen LogP) is 2.56. The number of carbonyl (C=O) groups excluding carboxylic acids is 1. The van der Waals surface area contributed by atoms with Crippen molar-refractivity contribution in [3.05, 3.63) is 53.2 Å². The van der Waals surface area contributed by atoms with E-state index >= 15 is 0 Å². The number of amides is 1. The fourth-order valence-corrected chi connectivity index (χ4v) is 4.32. The molecule has 1 atom stereocenters. The fraction of sp³-hybridized carbons (Fsp3) is 0.316. The lowest BCUT2D eigenvalue weighted by Crippen LogP contribution is -2.28. The zero-order valence-corrected chi connectivity index (χ0v) is 16.8. The molecule has 3 N–H and O–H groups in total. The third kappa shape index (κ3) is 3.88. The van der Waals surface area contributed by atoms with Crippen molar-refractivity contribution >= 4 is 27.5 Å². The number of fused-ring (bicyclic) bond motifs is 1. The van der Waals surface area contributed by atoms with E-state index in [2.05, 4.69) is 25.2 Å². The molecule has 0 aliphatic heterocycles. The summed E-state index contributed by atoms with van der Waals surface area (Å²) in [7, 11) is -3.82. The average molecular weight is 415 g/mol. The van der Waals surface area contributed by atoms with Crippen LogP contribution in [0.5, 0.6) is 0 Å². The molecule has 1 aliphatic carbocycles. The number of anilines is 2. The van der Waals surface area contributed by atoms with Gasteiger partial charge in [-0.25, -0.2) is 18.1 Å². The standard InChI is InChI=1S/C19H21N5O4S/c1-11-12(2)23-28-19(11)24-29(26,27)15-6-4-14(5-7-15)22-18(25)13-3-8-16-17(9-13)21-10-20-16/h4-7,10,13,24H,3,8-9H2,1-2H3,(H,20,21)(H,22,25). The SMILES string of the molecule is Cc1noc(NS(=O)(=O)c2ccc(NC(=O)C3CCc4nc[nH]c4C3)cc2)c1C. The molecule has 3 aromatic rings. The summed E-state index contributed by atoms with van der Waals surface area (Å²) >= 11 is 0. The molecule has 0 saturated heterocycles. The number of nitrogens with zero attached hydrogens (tertiary/aromatic N) is 2. The number of hydrogen-bond acceptors (Lipinski definition) is 6. The fourth-order valence-electron chi connectivity index (χ4n) is 3.28. The summed E-state index contributed by atoms with van der Waals surface area (Å²) in [4.78, 5) is 19.9.